The molecule has 2 aromatic rings. The van der Waals surface area contributed by atoms with Crippen molar-refractivity contribution in [2.24, 2.45) is 0 Å². The second kappa shape index (κ2) is 9.69. The Morgan fingerprint density at radius 3 is 2.56 bits per heavy atom. The lowest BCUT2D eigenvalue weighted by atomic mass is 10.1. The minimum absolute atomic E-state index is 0.199. The van der Waals surface area contributed by atoms with Gasteiger partial charge in [0.15, 0.2) is 6.61 Å². The molecule has 0 unspecified atom stereocenters. The van der Waals surface area contributed by atoms with Gasteiger partial charge in [0.2, 0.25) is 0 Å². The van der Waals surface area contributed by atoms with E-state index in [1.165, 1.54) is 0 Å². The Morgan fingerprint density at radius 1 is 1.08 bits per heavy atom. The molecule has 0 aliphatic rings. The van der Waals surface area contributed by atoms with Crippen molar-refractivity contribution in [3.05, 3.63) is 59.1 Å². The molecule has 2 rings (SSSR count). The Morgan fingerprint density at radius 2 is 1.80 bits per heavy atom. The molecule has 0 radical (unpaired) electrons. The number of para-hydroxylation sites is 2. The van der Waals surface area contributed by atoms with Crippen LogP contribution in [0.4, 0.5) is 5.69 Å². The maximum atomic E-state index is 12.2. The van der Waals surface area contributed by atoms with Gasteiger partial charge in [0.1, 0.15) is 5.75 Å². The van der Waals surface area contributed by atoms with E-state index in [2.05, 4.69) is 17.6 Å². The molecule has 0 aliphatic heterocycles. The summed E-state index contributed by atoms with van der Waals surface area (Å²) in [5, 5.41) is 5.98. The van der Waals surface area contributed by atoms with Gasteiger partial charge in [-0.1, -0.05) is 49.2 Å². The predicted octanol–water partition coefficient (Wildman–Crippen LogP) is 3.89. The zero-order valence-electron chi connectivity index (χ0n) is 14.0. The van der Waals surface area contributed by atoms with Gasteiger partial charge in [0.25, 0.3) is 11.8 Å². The first-order valence-electron chi connectivity index (χ1n) is 8.16. The second-order valence-electron chi connectivity index (χ2n) is 5.42. The van der Waals surface area contributed by atoms with E-state index in [0.29, 0.717) is 28.6 Å². The third-order valence-corrected chi connectivity index (χ3v) is 3.77. The van der Waals surface area contributed by atoms with E-state index in [0.717, 1.165) is 12.8 Å². The van der Waals surface area contributed by atoms with Crippen molar-refractivity contribution in [3.8, 4) is 5.75 Å². The van der Waals surface area contributed by atoms with E-state index in [4.69, 9.17) is 16.3 Å². The molecule has 2 amide bonds. The quantitative estimate of drug-likeness (QED) is 0.702. The second-order valence-corrected chi connectivity index (χ2v) is 5.83. The maximum Gasteiger partial charge on any atom is 0.262 e. The first kappa shape index (κ1) is 18.8. The summed E-state index contributed by atoms with van der Waals surface area (Å²) < 4.78 is 5.41. The molecular formula is C19H21ClN2O3. The first-order chi connectivity index (χ1) is 12.1. The average molecular weight is 361 g/mol. The van der Waals surface area contributed by atoms with Gasteiger partial charge in [-0.15, -0.1) is 0 Å². The molecule has 0 bridgehead atoms. The molecule has 2 aromatic carbocycles. The van der Waals surface area contributed by atoms with E-state index >= 15 is 0 Å². The zero-order valence-corrected chi connectivity index (χ0v) is 14.8. The van der Waals surface area contributed by atoms with E-state index in [1.807, 2.05) is 0 Å². The molecule has 0 fully saturated rings. The number of ether oxygens (including phenoxy) is 1. The number of carbonyl (C=O) groups excluding carboxylic acids is 2. The molecule has 0 atom stereocenters. The van der Waals surface area contributed by atoms with Crippen LogP contribution in [0.5, 0.6) is 5.75 Å². The van der Waals surface area contributed by atoms with Crippen molar-refractivity contribution in [1.29, 1.82) is 0 Å². The van der Waals surface area contributed by atoms with Crippen LogP contribution in [0.15, 0.2) is 48.5 Å². The number of hydrogen-bond acceptors (Lipinski definition) is 3. The summed E-state index contributed by atoms with van der Waals surface area (Å²) in [4.78, 5) is 24.4. The largest absolute Gasteiger partial charge is 0.482 e. The molecule has 2 N–H and O–H groups in total. The minimum Gasteiger partial charge on any atom is -0.482 e. The summed E-state index contributed by atoms with van der Waals surface area (Å²) in [5.74, 6) is -0.144. The van der Waals surface area contributed by atoms with Crippen LogP contribution in [0.25, 0.3) is 0 Å². The van der Waals surface area contributed by atoms with Gasteiger partial charge in [0, 0.05) is 6.54 Å². The molecule has 0 aromatic heterocycles. The number of benzene rings is 2. The zero-order chi connectivity index (χ0) is 18.1. The van der Waals surface area contributed by atoms with Gasteiger partial charge in [0.05, 0.1) is 16.3 Å². The van der Waals surface area contributed by atoms with Crippen LogP contribution in [0.1, 0.15) is 30.1 Å². The van der Waals surface area contributed by atoms with E-state index in [1.54, 1.807) is 48.5 Å². The van der Waals surface area contributed by atoms with Crippen LogP contribution in [-0.2, 0) is 4.79 Å². The summed E-state index contributed by atoms with van der Waals surface area (Å²) in [6.07, 6.45) is 1.91. The summed E-state index contributed by atoms with van der Waals surface area (Å²) in [6, 6.07) is 13.8. The van der Waals surface area contributed by atoms with E-state index < -0.39 is 0 Å². The number of unbranched alkanes of at least 4 members (excludes halogenated alkanes) is 1. The molecule has 132 valence electrons. The lowest BCUT2D eigenvalue weighted by molar-refractivity contribution is -0.118. The Hall–Kier alpha value is -2.53. The standard InChI is InChI=1S/C19H21ClN2O3/c1-2-3-12-21-19(24)14-8-4-6-10-16(14)22-18(23)13-25-17-11-7-5-9-15(17)20/h4-11H,2-3,12-13H2,1H3,(H,21,24)(H,22,23). The fourth-order valence-electron chi connectivity index (χ4n) is 2.16. The Labute approximate surface area is 152 Å². The average Bonchev–Trinajstić information content (AvgIpc) is 2.61. The minimum atomic E-state index is -0.367. The van der Waals surface area contributed by atoms with Crippen molar-refractivity contribution < 1.29 is 14.3 Å². The van der Waals surface area contributed by atoms with Crippen molar-refractivity contribution >= 4 is 29.1 Å². The van der Waals surface area contributed by atoms with Gasteiger partial charge in [-0.2, -0.15) is 0 Å². The third-order valence-electron chi connectivity index (χ3n) is 3.46. The normalized spacial score (nSPS) is 10.2. The molecule has 5 nitrogen and oxygen atoms in total. The summed E-state index contributed by atoms with van der Waals surface area (Å²) >= 11 is 5.99. The fourth-order valence-corrected chi connectivity index (χ4v) is 2.35. The molecule has 0 spiro atoms. The van der Waals surface area contributed by atoms with Crippen LogP contribution in [0, 0.1) is 0 Å². The number of carbonyl (C=O) groups is 2. The highest BCUT2D eigenvalue weighted by Gasteiger charge is 2.13. The van der Waals surface area contributed by atoms with Crippen LogP contribution in [0.2, 0.25) is 5.02 Å². The number of anilines is 1. The SMILES string of the molecule is CCCCNC(=O)c1ccccc1NC(=O)COc1ccccc1Cl. The fraction of sp³-hybridized carbons (Fsp3) is 0.263. The summed E-state index contributed by atoms with van der Waals surface area (Å²) in [7, 11) is 0. The molecule has 6 heteroatoms. The molecule has 0 aliphatic carbocycles. The number of nitrogens with one attached hydrogen (secondary N) is 2. The van der Waals surface area contributed by atoms with Gasteiger partial charge >= 0.3 is 0 Å². The van der Waals surface area contributed by atoms with Crippen LogP contribution >= 0.6 is 11.6 Å². The van der Waals surface area contributed by atoms with Crippen molar-refractivity contribution in [1.82, 2.24) is 5.32 Å². The number of amides is 2. The Kier molecular flexibility index (Phi) is 7.29. The highest BCUT2D eigenvalue weighted by molar-refractivity contribution is 6.32. The van der Waals surface area contributed by atoms with Crippen molar-refractivity contribution in [2.75, 3.05) is 18.5 Å². The van der Waals surface area contributed by atoms with Crippen LogP contribution in [0.3, 0.4) is 0 Å². The summed E-state index contributed by atoms with van der Waals surface area (Å²) in [6.45, 7) is 2.46. The van der Waals surface area contributed by atoms with E-state index in [-0.39, 0.29) is 18.4 Å². The molecule has 25 heavy (non-hydrogen) atoms. The third kappa shape index (κ3) is 5.80. The Balaban J connectivity index is 1.96. The number of hydrogen-bond donors (Lipinski definition) is 2. The predicted molar refractivity (Wildman–Crippen MR) is 99.3 cm³/mol. The van der Waals surface area contributed by atoms with Gasteiger partial charge < -0.3 is 15.4 Å². The molecule has 0 heterocycles. The van der Waals surface area contributed by atoms with Crippen molar-refractivity contribution in [3.63, 3.8) is 0 Å². The highest BCUT2D eigenvalue weighted by Crippen LogP contribution is 2.23. The van der Waals surface area contributed by atoms with Gasteiger partial charge in [-0.25, -0.2) is 0 Å². The number of rotatable bonds is 8. The maximum absolute atomic E-state index is 12.2. The summed E-state index contributed by atoms with van der Waals surface area (Å²) in [5.41, 5.74) is 0.869. The van der Waals surface area contributed by atoms with E-state index in [9.17, 15) is 9.59 Å². The smallest absolute Gasteiger partial charge is 0.262 e. The molecule has 0 saturated carbocycles. The first-order valence-corrected chi connectivity index (χ1v) is 8.54. The lowest BCUT2D eigenvalue weighted by Crippen LogP contribution is -2.27. The highest BCUT2D eigenvalue weighted by atomic mass is 35.5. The monoisotopic (exact) mass is 360 g/mol. The van der Waals surface area contributed by atoms with Crippen LogP contribution in [-0.4, -0.2) is 25.0 Å². The van der Waals surface area contributed by atoms with Crippen molar-refractivity contribution in [2.45, 2.75) is 19.8 Å². The topological polar surface area (TPSA) is 67.4 Å². The molecular weight excluding hydrogens is 340 g/mol. The Bertz CT molecular complexity index is 734. The lowest BCUT2D eigenvalue weighted by Gasteiger charge is -2.12. The van der Waals surface area contributed by atoms with Crippen LogP contribution < -0.4 is 15.4 Å². The molecule has 0 saturated heterocycles. The van der Waals surface area contributed by atoms with Gasteiger partial charge in [-0.3, -0.25) is 9.59 Å². The number of halogens is 1. The van der Waals surface area contributed by atoms with Gasteiger partial charge in [-0.05, 0) is 30.7 Å².